The number of piperazine rings is 1. The van der Waals surface area contributed by atoms with Gasteiger partial charge in [-0.1, -0.05) is 0 Å². The Kier molecular flexibility index (Phi) is 7.12. The Morgan fingerprint density at radius 3 is 2.54 bits per heavy atom. The predicted molar refractivity (Wildman–Crippen MR) is 141 cm³/mol. The van der Waals surface area contributed by atoms with Crippen LogP contribution in [0.15, 0.2) is 36.4 Å². The third-order valence-electron chi connectivity index (χ3n) is 6.51. The topological polar surface area (TPSA) is 77.7 Å². The number of benzene rings is 2. The van der Waals surface area contributed by atoms with Gasteiger partial charge in [0.25, 0.3) is 0 Å². The Hall–Kier alpha value is -3.39. The van der Waals surface area contributed by atoms with Crippen LogP contribution in [0.25, 0.3) is 10.9 Å². The van der Waals surface area contributed by atoms with E-state index < -0.39 is 0 Å². The van der Waals surface area contributed by atoms with E-state index >= 15 is 0 Å². The normalized spacial score (nSPS) is 15.1. The highest BCUT2D eigenvalue weighted by atomic mass is 19.1. The van der Waals surface area contributed by atoms with Crippen molar-refractivity contribution in [3.63, 3.8) is 0 Å². The van der Waals surface area contributed by atoms with Crippen molar-refractivity contribution >= 4 is 33.9 Å². The second-order valence-electron chi connectivity index (χ2n) is 9.73. The van der Waals surface area contributed by atoms with E-state index in [2.05, 4.69) is 22.3 Å². The molecule has 2 aromatic carbocycles. The number of nitrogens with zero attached hydrogens (tertiary/aromatic N) is 4. The molecule has 1 amide bonds. The third kappa shape index (κ3) is 5.48. The van der Waals surface area contributed by atoms with Crippen LogP contribution in [0.3, 0.4) is 0 Å². The van der Waals surface area contributed by atoms with Crippen LogP contribution in [0.2, 0.25) is 0 Å². The molecule has 0 saturated carbocycles. The van der Waals surface area contributed by atoms with Crippen LogP contribution >= 0.6 is 0 Å². The standard InChI is InChI=1S/C27H35FN6O/c1-17-12-20(29)14-22(27(17)28)19(3)31-25-13-18(2)30-24-7-6-21(15-23(24)25)33-8-10-34(11-9-33)26(35)16-32(4)5/h6-7,12-15,19H,8-11,16,29H2,1-5H3,(H,30,31). The molecule has 7 nitrogen and oxygen atoms in total. The molecule has 0 spiro atoms. The van der Waals surface area contributed by atoms with Crippen LogP contribution in [0.1, 0.15) is 29.8 Å². The van der Waals surface area contributed by atoms with Gasteiger partial charge >= 0.3 is 0 Å². The Morgan fingerprint density at radius 1 is 1.14 bits per heavy atom. The molecule has 3 N–H and O–H groups in total. The van der Waals surface area contributed by atoms with Crippen molar-refractivity contribution in [3.05, 3.63) is 59.0 Å². The van der Waals surface area contributed by atoms with Crippen molar-refractivity contribution in [2.45, 2.75) is 26.8 Å². The van der Waals surface area contributed by atoms with Crippen LogP contribution in [0, 0.1) is 19.7 Å². The number of halogens is 1. The quantitative estimate of drug-likeness (QED) is 0.523. The van der Waals surface area contributed by atoms with Crippen LogP contribution in [-0.2, 0) is 4.79 Å². The Balaban J connectivity index is 1.58. The number of pyridine rings is 1. The first-order chi connectivity index (χ1) is 16.6. The molecule has 1 atom stereocenters. The lowest BCUT2D eigenvalue weighted by Gasteiger charge is -2.36. The maximum Gasteiger partial charge on any atom is 0.236 e. The first kappa shape index (κ1) is 24.7. The van der Waals surface area contributed by atoms with E-state index in [0.717, 1.165) is 41.1 Å². The number of likely N-dealkylation sites (N-methyl/N-ethyl adjacent to an activating group) is 1. The molecule has 35 heavy (non-hydrogen) atoms. The van der Waals surface area contributed by atoms with Gasteiger partial charge in [-0.05, 0) is 76.8 Å². The number of rotatable bonds is 6. The smallest absolute Gasteiger partial charge is 0.236 e. The molecule has 1 aliphatic heterocycles. The second kappa shape index (κ2) is 10.1. The van der Waals surface area contributed by atoms with E-state index in [0.29, 0.717) is 36.4 Å². The number of hydrogen-bond acceptors (Lipinski definition) is 6. The van der Waals surface area contributed by atoms with Gasteiger partial charge in [-0.3, -0.25) is 9.78 Å². The summed E-state index contributed by atoms with van der Waals surface area (Å²) in [5.41, 5.74) is 11.4. The van der Waals surface area contributed by atoms with E-state index in [9.17, 15) is 9.18 Å². The molecule has 1 aromatic heterocycles. The summed E-state index contributed by atoms with van der Waals surface area (Å²) in [4.78, 5) is 23.2. The van der Waals surface area contributed by atoms with Gasteiger partial charge in [-0.15, -0.1) is 0 Å². The second-order valence-corrected chi connectivity index (χ2v) is 9.73. The SMILES string of the molecule is Cc1cc(NC(C)c2cc(N)cc(C)c2F)c2cc(N3CCN(C(=O)CN(C)C)CC3)ccc2n1. The summed E-state index contributed by atoms with van der Waals surface area (Å²) in [7, 11) is 3.82. The molecule has 2 heterocycles. The lowest BCUT2D eigenvalue weighted by Crippen LogP contribution is -2.50. The lowest BCUT2D eigenvalue weighted by atomic mass is 10.0. The van der Waals surface area contributed by atoms with E-state index in [-0.39, 0.29) is 17.8 Å². The van der Waals surface area contributed by atoms with E-state index in [1.807, 2.05) is 49.9 Å². The Morgan fingerprint density at radius 2 is 1.86 bits per heavy atom. The van der Waals surface area contributed by atoms with Gasteiger partial charge in [0.15, 0.2) is 0 Å². The van der Waals surface area contributed by atoms with Crippen molar-refractivity contribution in [1.82, 2.24) is 14.8 Å². The maximum atomic E-state index is 14.8. The summed E-state index contributed by atoms with van der Waals surface area (Å²) in [6, 6.07) is 11.3. The number of carbonyl (C=O) groups is 1. The summed E-state index contributed by atoms with van der Waals surface area (Å²) in [5, 5.41) is 4.47. The number of anilines is 3. The molecule has 4 rings (SSSR count). The molecule has 186 valence electrons. The summed E-state index contributed by atoms with van der Waals surface area (Å²) < 4.78 is 14.8. The summed E-state index contributed by atoms with van der Waals surface area (Å²) in [5.74, 6) is -0.0750. The number of fused-ring (bicyclic) bond motifs is 1. The highest BCUT2D eigenvalue weighted by molar-refractivity contribution is 5.94. The molecule has 1 fully saturated rings. The molecular formula is C27H35FN6O. The number of nitrogens with two attached hydrogens (primary N) is 1. The van der Waals surface area contributed by atoms with Gasteiger partial charge < -0.3 is 25.8 Å². The summed E-state index contributed by atoms with van der Waals surface area (Å²) in [6.45, 7) is 9.01. The molecule has 0 aliphatic carbocycles. The molecule has 0 radical (unpaired) electrons. The number of amides is 1. The van der Waals surface area contributed by atoms with Crippen molar-refractivity contribution < 1.29 is 9.18 Å². The van der Waals surface area contributed by atoms with Crippen LogP contribution < -0.4 is 16.0 Å². The summed E-state index contributed by atoms with van der Waals surface area (Å²) >= 11 is 0. The van der Waals surface area contributed by atoms with Gasteiger partial charge in [0, 0.05) is 59.9 Å². The van der Waals surface area contributed by atoms with E-state index in [1.54, 1.807) is 19.1 Å². The molecule has 3 aromatic rings. The minimum absolute atomic E-state index is 0.164. The van der Waals surface area contributed by atoms with Gasteiger partial charge in [0.2, 0.25) is 5.91 Å². The number of nitrogens with one attached hydrogen (secondary N) is 1. The Labute approximate surface area is 206 Å². The minimum Gasteiger partial charge on any atom is -0.399 e. The molecule has 1 unspecified atom stereocenters. The van der Waals surface area contributed by atoms with Crippen molar-refractivity contribution in [2.24, 2.45) is 0 Å². The summed E-state index contributed by atoms with van der Waals surface area (Å²) in [6.07, 6.45) is 0. The fourth-order valence-corrected chi connectivity index (χ4v) is 4.70. The molecule has 1 aliphatic rings. The average molecular weight is 479 g/mol. The monoisotopic (exact) mass is 478 g/mol. The fraction of sp³-hybridized carbons (Fsp3) is 0.407. The molecule has 1 saturated heterocycles. The first-order valence-corrected chi connectivity index (χ1v) is 12.0. The van der Waals surface area contributed by atoms with E-state index in [4.69, 9.17) is 10.7 Å². The largest absolute Gasteiger partial charge is 0.399 e. The predicted octanol–water partition coefficient (Wildman–Crippen LogP) is 3.96. The first-order valence-electron chi connectivity index (χ1n) is 12.0. The van der Waals surface area contributed by atoms with Gasteiger partial charge in [0.1, 0.15) is 5.82 Å². The number of nitrogen functional groups attached to an aromatic ring is 1. The van der Waals surface area contributed by atoms with Crippen molar-refractivity contribution in [3.8, 4) is 0 Å². The maximum absolute atomic E-state index is 14.8. The number of carbonyl (C=O) groups excluding carboxylic acids is 1. The fourth-order valence-electron chi connectivity index (χ4n) is 4.70. The van der Waals surface area contributed by atoms with Gasteiger partial charge in [-0.2, -0.15) is 0 Å². The zero-order chi connectivity index (χ0) is 25.3. The van der Waals surface area contributed by atoms with Gasteiger partial charge in [-0.25, -0.2) is 4.39 Å². The average Bonchev–Trinajstić information content (AvgIpc) is 2.80. The number of hydrogen-bond donors (Lipinski definition) is 2. The minimum atomic E-state index is -0.280. The molecule has 0 bridgehead atoms. The van der Waals surface area contributed by atoms with Crippen LogP contribution in [0.4, 0.5) is 21.5 Å². The van der Waals surface area contributed by atoms with E-state index in [1.165, 1.54) is 0 Å². The number of aryl methyl sites for hydroxylation is 2. The van der Waals surface area contributed by atoms with Crippen molar-refractivity contribution in [2.75, 3.05) is 62.8 Å². The van der Waals surface area contributed by atoms with Gasteiger partial charge in [0.05, 0.1) is 18.1 Å². The van der Waals surface area contributed by atoms with Crippen LogP contribution in [-0.4, -0.2) is 67.5 Å². The highest BCUT2D eigenvalue weighted by Gasteiger charge is 2.22. The lowest BCUT2D eigenvalue weighted by molar-refractivity contribution is -0.132. The number of aromatic nitrogens is 1. The Bertz CT molecular complexity index is 1240. The third-order valence-corrected chi connectivity index (χ3v) is 6.51. The molecular weight excluding hydrogens is 443 g/mol. The molecule has 8 heteroatoms. The van der Waals surface area contributed by atoms with Crippen molar-refractivity contribution in [1.29, 1.82) is 0 Å². The zero-order valence-corrected chi connectivity index (χ0v) is 21.2. The zero-order valence-electron chi connectivity index (χ0n) is 21.2. The van der Waals surface area contributed by atoms with Crippen LogP contribution in [0.5, 0.6) is 0 Å². The highest BCUT2D eigenvalue weighted by Crippen LogP contribution is 2.32.